The number of allylic oxidation sites excluding steroid dienone is 5. The summed E-state index contributed by atoms with van der Waals surface area (Å²) in [5.41, 5.74) is 19.1. The summed E-state index contributed by atoms with van der Waals surface area (Å²) >= 11 is 0. The predicted molar refractivity (Wildman–Crippen MR) is 479 cm³/mol. The number of aliphatic hydroxyl groups is 1. The number of nitrogens with one attached hydrogen (secondary N) is 8. The SMILES string of the molecule is CC[C@H]1C2=NC(=Cc3[nH]c(c(C)c3C(C)=O)C=C3N=C(C(CC(=O)OC)=C4CC(=C2)C(C)=C4C(=O)NCCOCCOCCO)[C@@H](CCC(=O)NNC(=O)OCCSSC[C@H](NC(=O)CCOCCOCCOCCOCCOCCOCCOCCOCCCC(=O)CC[C@H](NC(=O)c2ccc(NCc4cnc5nc(N)[nH]c(=O)c5n4)cc2)C(=O)O)C(=O)O)[C@@H]3C)[C@@H]1C. The fourth-order valence-electron chi connectivity index (χ4n) is 14.3. The van der Waals surface area contributed by atoms with Crippen LogP contribution in [0, 0.1) is 30.6 Å². The number of aliphatic imine (C=N–C) groups is 2. The molecule has 8 rings (SSSR count). The zero-order valence-electron chi connectivity index (χ0n) is 73.9. The molecule has 0 unspecified atom stereocenters. The molecule has 6 atom stereocenters. The molecular weight excluding hydrogens is 1720 g/mol. The van der Waals surface area contributed by atoms with Gasteiger partial charge >= 0.3 is 24.0 Å². The summed E-state index contributed by atoms with van der Waals surface area (Å²) in [6, 6.07) is 3.80. The van der Waals surface area contributed by atoms with Gasteiger partial charge in [-0.15, -0.1) is 0 Å². The Bertz CT molecular complexity index is 4760. The van der Waals surface area contributed by atoms with Crippen LogP contribution >= 0.6 is 21.6 Å². The molecular formula is C87H120N14O26S2. The number of H-pyrrole nitrogens is 2. The summed E-state index contributed by atoms with van der Waals surface area (Å²) in [5, 5.41) is 39.7. The molecule has 3 aliphatic heterocycles. The van der Waals surface area contributed by atoms with Gasteiger partial charge in [0.25, 0.3) is 17.4 Å². The fourth-order valence-corrected chi connectivity index (χ4v) is 16.3. The van der Waals surface area contributed by atoms with Crippen LogP contribution in [-0.4, -0.2) is 293 Å². The molecule has 4 aliphatic rings. The quantitative estimate of drug-likeness (QED) is 0.00800. The van der Waals surface area contributed by atoms with E-state index in [-0.39, 0.29) is 182 Å². The minimum Gasteiger partial charge on any atom is -0.480 e. The smallest absolute Gasteiger partial charge is 0.426 e. The van der Waals surface area contributed by atoms with E-state index in [4.69, 9.17) is 77.7 Å². The van der Waals surface area contributed by atoms with Crippen LogP contribution in [0.5, 0.6) is 0 Å². The number of fused-ring (bicyclic) bond motifs is 7. The van der Waals surface area contributed by atoms with E-state index in [2.05, 4.69) is 70.9 Å². The van der Waals surface area contributed by atoms with Gasteiger partial charge < -0.3 is 104 Å². The lowest BCUT2D eigenvalue weighted by atomic mass is 9.81. The Balaban J connectivity index is 0.617. The number of anilines is 2. The minimum absolute atomic E-state index is 0.00319. The summed E-state index contributed by atoms with van der Waals surface area (Å²) in [6.45, 7) is 17.2. The molecule has 6 heterocycles. The van der Waals surface area contributed by atoms with Crippen molar-refractivity contribution < 1.29 is 120 Å². The molecule has 1 aliphatic carbocycles. The highest BCUT2D eigenvalue weighted by molar-refractivity contribution is 8.76. The van der Waals surface area contributed by atoms with Gasteiger partial charge in [0.2, 0.25) is 17.8 Å². The number of ether oxygens (including phenoxy) is 12. The number of hydrogen-bond acceptors (Lipinski definition) is 33. The largest absolute Gasteiger partial charge is 0.480 e. The highest BCUT2D eigenvalue weighted by Crippen LogP contribution is 2.46. The van der Waals surface area contributed by atoms with Crippen LogP contribution in [0.15, 0.2) is 90.6 Å². The van der Waals surface area contributed by atoms with Crippen molar-refractivity contribution >= 4 is 127 Å². The van der Waals surface area contributed by atoms with Gasteiger partial charge in [-0.2, -0.15) is 4.98 Å². The molecule has 8 bridgehead atoms. The van der Waals surface area contributed by atoms with Crippen molar-refractivity contribution in [3.63, 3.8) is 0 Å². The minimum atomic E-state index is -1.27. The number of Topliss-reactive ketones (excluding diaryl/α,β-unsaturated/α-hetero) is 2. The summed E-state index contributed by atoms with van der Waals surface area (Å²) in [6.07, 6.45) is 7.46. The van der Waals surface area contributed by atoms with Gasteiger partial charge in [-0.25, -0.2) is 29.8 Å². The van der Waals surface area contributed by atoms with Gasteiger partial charge in [-0.3, -0.25) is 58.8 Å². The number of hydrogen-bond donors (Lipinski definition) is 12. The molecule has 706 valence electrons. The topological polar surface area (TPSA) is 552 Å². The van der Waals surface area contributed by atoms with Crippen molar-refractivity contribution in [1.29, 1.82) is 0 Å². The maximum absolute atomic E-state index is 14.7. The second kappa shape index (κ2) is 56.2. The number of aliphatic hydroxyl groups excluding tert-OH is 1. The van der Waals surface area contributed by atoms with Crippen LogP contribution in [0.4, 0.5) is 16.4 Å². The van der Waals surface area contributed by atoms with Crippen LogP contribution in [0.25, 0.3) is 23.3 Å². The number of esters is 1. The number of carboxylic acid groups (broad SMARTS) is 2. The molecule has 0 saturated carbocycles. The van der Waals surface area contributed by atoms with Gasteiger partial charge in [-0.1, -0.05) is 42.4 Å². The number of carboxylic acids is 2. The molecule has 42 heteroatoms. The Morgan fingerprint density at radius 1 is 0.636 bits per heavy atom. The number of nitrogen functional groups attached to an aromatic ring is 1. The van der Waals surface area contributed by atoms with E-state index in [0.29, 0.717) is 160 Å². The second-order valence-corrected chi connectivity index (χ2v) is 32.8. The molecule has 4 aromatic rings. The maximum atomic E-state index is 14.7. The molecule has 13 N–H and O–H groups in total. The van der Waals surface area contributed by atoms with Crippen molar-refractivity contribution in [3.05, 3.63) is 120 Å². The monoisotopic (exact) mass is 1840 g/mol. The first-order valence-electron chi connectivity index (χ1n) is 42.9. The predicted octanol–water partition coefficient (Wildman–Crippen LogP) is 5.94. The average Bonchev–Trinajstić information content (AvgIpc) is 1.60. The number of aromatic nitrogens is 5. The Hall–Kier alpha value is -10.5. The number of benzene rings is 1. The normalized spacial score (nSPS) is 16.3. The number of carbonyl (C=O) groups is 10. The molecule has 1 aromatic carbocycles. The lowest BCUT2D eigenvalue weighted by molar-refractivity contribution is -0.141. The summed E-state index contributed by atoms with van der Waals surface area (Å²) in [4.78, 5) is 171. The maximum Gasteiger partial charge on any atom is 0.426 e. The Labute approximate surface area is 754 Å². The van der Waals surface area contributed by atoms with E-state index in [1.807, 2.05) is 39.0 Å². The van der Waals surface area contributed by atoms with Crippen molar-refractivity contribution in [3.8, 4) is 0 Å². The number of nitrogens with two attached hydrogens (primary N) is 1. The molecule has 129 heavy (non-hydrogen) atoms. The van der Waals surface area contributed by atoms with Gasteiger partial charge in [0.1, 0.15) is 24.5 Å². The van der Waals surface area contributed by atoms with E-state index in [1.165, 1.54) is 43.2 Å². The van der Waals surface area contributed by atoms with Gasteiger partial charge in [-0.05, 0) is 123 Å². The number of ketones is 2. The number of nitrogens with zero attached hydrogens (tertiary/aromatic N) is 5. The lowest BCUT2D eigenvalue weighted by Gasteiger charge is -2.22. The van der Waals surface area contributed by atoms with Crippen LogP contribution in [0.1, 0.15) is 142 Å². The first-order chi connectivity index (χ1) is 62.3. The molecule has 0 spiro atoms. The highest BCUT2D eigenvalue weighted by atomic mass is 33.1. The van der Waals surface area contributed by atoms with Crippen molar-refractivity contribution in [1.82, 2.24) is 51.7 Å². The van der Waals surface area contributed by atoms with Gasteiger partial charge in [0.05, 0.1) is 170 Å². The Kier molecular flexibility index (Phi) is 45.2. The Morgan fingerprint density at radius 3 is 1.84 bits per heavy atom. The molecule has 0 fully saturated rings. The van der Waals surface area contributed by atoms with Crippen LogP contribution in [0.2, 0.25) is 0 Å². The highest BCUT2D eigenvalue weighted by Gasteiger charge is 2.41. The molecule has 0 saturated heterocycles. The van der Waals surface area contributed by atoms with E-state index < -0.39 is 77.1 Å². The first kappa shape index (κ1) is 104. The zero-order chi connectivity index (χ0) is 93.0. The third kappa shape index (κ3) is 34.4. The number of carbonyl (C=O) groups excluding carboxylic acids is 8. The summed E-state index contributed by atoms with van der Waals surface area (Å²) < 4.78 is 65.8. The summed E-state index contributed by atoms with van der Waals surface area (Å²) in [7, 11) is 3.64. The third-order valence-corrected chi connectivity index (χ3v) is 23.5. The Morgan fingerprint density at radius 2 is 1.23 bits per heavy atom. The number of rotatable bonds is 61. The van der Waals surface area contributed by atoms with Gasteiger partial charge in [0, 0.05) is 125 Å². The van der Waals surface area contributed by atoms with Crippen molar-refractivity contribution in [2.45, 2.75) is 124 Å². The lowest BCUT2D eigenvalue weighted by Crippen LogP contribution is -2.42. The zero-order valence-corrected chi connectivity index (χ0v) is 75.5. The molecule has 5 amide bonds. The van der Waals surface area contributed by atoms with Gasteiger partial charge in [0.15, 0.2) is 16.9 Å². The molecule has 0 radical (unpaired) electrons. The standard InChI is InChI=1S/C87H120N14O26S2/c1-8-62-53(3)67-48-71-76(56(6)103)55(5)69(94-71)47-68-54(4)63(78(96-68)65(46-75(107)116-7)64-44-58(45-70(62)93-67)52(2)77(64)82(109)89-20-24-119-28-29-120-25-21-102)16-18-74(106)100-101-87(115)127-42-43-128-129-51-72(85(113)114)95-73(105)19-23-118-27-31-122-33-35-124-37-39-126-41-40-125-38-36-123-34-32-121-30-26-117-22-9-10-61(104)15-17-66(84(111)112)97-81(108)57-11-13-59(14-12-57)90-49-60-50-91-80-79(92-60)83(110)99-86(88)98-80/h11-14,45,47-48,50,53-54,62-63,66,72,90,94,102H,8-10,15-44,46,49,51H2,1-7H3,(H,89,109)(H,95,105)(H,97,108)(H,100,106)(H,101,115)(H,111,112)(H,113,114)(H3,88,91,98,99,110)/t53-,54+,62-,63+,66+,72+/m1/s1. The second-order valence-electron chi connectivity index (χ2n) is 30.2. The fraction of sp³-hybridized carbons (Fsp3) is 0.563. The molecule has 40 nitrogen and oxygen atoms in total. The number of aromatic amines is 2. The number of methoxy groups -OCH3 is 1. The first-order valence-corrected chi connectivity index (χ1v) is 45.4. The third-order valence-electron chi connectivity index (χ3n) is 21.1. The number of amides is 5. The van der Waals surface area contributed by atoms with Crippen LogP contribution in [-0.2, 0) is 96.9 Å². The van der Waals surface area contributed by atoms with Crippen molar-refractivity contribution in [2.75, 3.05) is 182 Å². The van der Waals surface area contributed by atoms with E-state index in [1.54, 1.807) is 12.1 Å². The van der Waals surface area contributed by atoms with Crippen LogP contribution in [0.3, 0.4) is 0 Å². The van der Waals surface area contributed by atoms with E-state index in [9.17, 15) is 63.0 Å². The average molecular weight is 1840 g/mol. The van der Waals surface area contributed by atoms with E-state index >= 15 is 0 Å². The number of hydrazine groups is 1. The van der Waals surface area contributed by atoms with E-state index in [0.717, 1.165) is 34.2 Å². The molecule has 3 aromatic heterocycles. The van der Waals surface area contributed by atoms with Crippen LogP contribution < -0.4 is 43.4 Å². The summed E-state index contributed by atoms with van der Waals surface area (Å²) in [5.74, 6) is -6.30. The number of aliphatic carboxylic acids is 2. The van der Waals surface area contributed by atoms with Crippen molar-refractivity contribution in [2.24, 2.45) is 33.7 Å².